The van der Waals surface area contributed by atoms with E-state index >= 15 is 0 Å². The average molecular weight is 346 g/mol. The Hall–Kier alpha value is -3.08. The molecule has 2 aromatic heterocycles. The van der Waals surface area contributed by atoms with E-state index in [0.29, 0.717) is 12.2 Å². The molecule has 130 valence electrons. The van der Waals surface area contributed by atoms with Crippen LogP contribution >= 0.6 is 0 Å². The highest BCUT2D eigenvalue weighted by molar-refractivity contribution is 5.81. The fourth-order valence-corrected chi connectivity index (χ4v) is 3.20. The van der Waals surface area contributed by atoms with E-state index in [0.717, 1.165) is 40.1 Å². The zero-order chi connectivity index (χ0) is 18.1. The lowest BCUT2D eigenvalue weighted by Gasteiger charge is -2.07. The van der Waals surface area contributed by atoms with Gasteiger partial charge < -0.3 is 4.57 Å². The van der Waals surface area contributed by atoms with E-state index < -0.39 is 0 Å². The number of nitrogens with zero attached hydrogens (tertiary/aromatic N) is 4. The molecule has 0 saturated carbocycles. The Kier molecular flexibility index (Phi) is 4.21. The first-order valence-electron chi connectivity index (χ1n) is 8.60. The summed E-state index contributed by atoms with van der Waals surface area (Å²) in [5.74, 6) is 1.41. The van der Waals surface area contributed by atoms with Gasteiger partial charge in [-0.15, -0.1) is 0 Å². The van der Waals surface area contributed by atoms with Crippen molar-refractivity contribution < 1.29 is 4.39 Å². The van der Waals surface area contributed by atoms with Crippen LogP contribution in [-0.2, 0) is 19.9 Å². The number of imidazole rings is 1. The molecule has 4 aromatic rings. The first-order chi connectivity index (χ1) is 12.6. The van der Waals surface area contributed by atoms with Crippen molar-refractivity contribution in [1.82, 2.24) is 19.5 Å². The number of fused-ring (bicyclic) bond motifs is 1. The molecule has 2 heterocycles. The van der Waals surface area contributed by atoms with Crippen molar-refractivity contribution in [2.75, 3.05) is 0 Å². The van der Waals surface area contributed by atoms with Gasteiger partial charge in [0.05, 0.1) is 16.9 Å². The third-order valence-corrected chi connectivity index (χ3v) is 4.48. The summed E-state index contributed by atoms with van der Waals surface area (Å²) in [5, 5.41) is 0.771. The molecule has 0 amide bonds. The normalized spacial score (nSPS) is 11.2. The summed E-state index contributed by atoms with van der Waals surface area (Å²) in [6, 6.07) is 14.8. The predicted molar refractivity (Wildman–Crippen MR) is 100 cm³/mol. The second kappa shape index (κ2) is 6.67. The molecule has 26 heavy (non-hydrogen) atoms. The molecule has 0 saturated heterocycles. The van der Waals surface area contributed by atoms with Crippen molar-refractivity contribution in [3.8, 4) is 11.3 Å². The molecule has 0 radical (unpaired) electrons. The number of aromatic nitrogens is 4. The SMILES string of the molecule is Cc1nc(CCc2nc(-c3ccccc3)cn2C)c2cc(F)ccc2n1. The number of hydrogen-bond donors (Lipinski definition) is 0. The summed E-state index contributed by atoms with van der Waals surface area (Å²) in [6.07, 6.45) is 3.45. The number of hydrogen-bond acceptors (Lipinski definition) is 3. The zero-order valence-corrected chi connectivity index (χ0v) is 14.8. The van der Waals surface area contributed by atoms with Crippen LogP contribution in [0.15, 0.2) is 54.7 Å². The van der Waals surface area contributed by atoms with Crippen LogP contribution in [0.2, 0.25) is 0 Å². The van der Waals surface area contributed by atoms with E-state index in [1.165, 1.54) is 12.1 Å². The Morgan fingerprint density at radius 1 is 0.962 bits per heavy atom. The molecule has 0 atom stereocenters. The van der Waals surface area contributed by atoms with E-state index in [2.05, 4.69) is 22.1 Å². The van der Waals surface area contributed by atoms with Crippen LogP contribution in [0.3, 0.4) is 0 Å². The van der Waals surface area contributed by atoms with E-state index in [9.17, 15) is 4.39 Å². The largest absolute Gasteiger partial charge is 0.337 e. The Morgan fingerprint density at radius 3 is 2.58 bits per heavy atom. The molecule has 0 aliphatic heterocycles. The summed E-state index contributed by atoms with van der Waals surface area (Å²) < 4.78 is 15.7. The van der Waals surface area contributed by atoms with Gasteiger partial charge in [0.25, 0.3) is 0 Å². The number of aryl methyl sites for hydroxylation is 4. The maximum atomic E-state index is 13.7. The van der Waals surface area contributed by atoms with Crippen molar-refractivity contribution in [3.05, 3.63) is 77.9 Å². The quantitative estimate of drug-likeness (QED) is 0.554. The lowest BCUT2D eigenvalue weighted by molar-refractivity contribution is 0.629. The van der Waals surface area contributed by atoms with Gasteiger partial charge in [0.15, 0.2) is 0 Å². The van der Waals surface area contributed by atoms with E-state index in [1.54, 1.807) is 6.07 Å². The van der Waals surface area contributed by atoms with Gasteiger partial charge >= 0.3 is 0 Å². The van der Waals surface area contributed by atoms with Gasteiger partial charge in [-0.05, 0) is 31.5 Å². The second-order valence-electron chi connectivity index (χ2n) is 6.40. The topological polar surface area (TPSA) is 43.6 Å². The lowest BCUT2D eigenvalue weighted by atomic mass is 10.1. The summed E-state index contributed by atoms with van der Waals surface area (Å²) in [7, 11) is 2.00. The van der Waals surface area contributed by atoms with Crippen molar-refractivity contribution in [2.45, 2.75) is 19.8 Å². The monoisotopic (exact) mass is 346 g/mol. The van der Waals surface area contributed by atoms with E-state index in [-0.39, 0.29) is 5.82 Å². The smallest absolute Gasteiger partial charge is 0.126 e. The van der Waals surface area contributed by atoms with E-state index in [1.807, 2.05) is 42.9 Å². The third-order valence-electron chi connectivity index (χ3n) is 4.48. The molecule has 0 aliphatic rings. The van der Waals surface area contributed by atoms with Crippen LogP contribution in [0.5, 0.6) is 0 Å². The van der Waals surface area contributed by atoms with Crippen molar-refractivity contribution >= 4 is 10.9 Å². The van der Waals surface area contributed by atoms with Crippen LogP contribution in [0.1, 0.15) is 17.3 Å². The van der Waals surface area contributed by atoms with Crippen LogP contribution in [0.25, 0.3) is 22.2 Å². The molecule has 0 aliphatic carbocycles. The van der Waals surface area contributed by atoms with Gasteiger partial charge in [-0.2, -0.15) is 0 Å². The fraction of sp³-hybridized carbons (Fsp3) is 0.190. The Balaban J connectivity index is 1.63. The molecule has 0 N–H and O–H groups in total. The minimum Gasteiger partial charge on any atom is -0.337 e. The van der Waals surface area contributed by atoms with Gasteiger partial charge in [-0.25, -0.2) is 19.3 Å². The fourth-order valence-electron chi connectivity index (χ4n) is 3.20. The molecule has 0 bridgehead atoms. The van der Waals surface area contributed by atoms with Gasteiger partial charge in [0.1, 0.15) is 17.5 Å². The molecule has 0 unspecified atom stereocenters. The molecule has 4 nitrogen and oxygen atoms in total. The molecule has 0 spiro atoms. The Bertz CT molecular complexity index is 1070. The number of halogens is 1. The molecule has 5 heteroatoms. The predicted octanol–water partition coefficient (Wildman–Crippen LogP) is 4.26. The molecular formula is C21H19FN4. The summed E-state index contributed by atoms with van der Waals surface area (Å²) >= 11 is 0. The van der Waals surface area contributed by atoms with E-state index in [4.69, 9.17) is 4.98 Å². The summed E-state index contributed by atoms with van der Waals surface area (Å²) in [4.78, 5) is 13.7. The third kappa shape index (κ3) is 3.20. The van der Waals surface area contributed by atoms with Crippen LogP contribution in [-0.4, -0.2) is 19.5 Å². The molecule has 0 fully saturated rings. The highest BCUT2D eigenvalue weighted by Crippen LogP contribution is 2.21. The lowest BCUT2D eigenvalue weighted by Crippen LogP contribution is -2.04. The first kappa shape index (κ1) is 16.4. The summed E-state index contributed by atoms with van der Waals surface area (Å²) in [6.45, 7) is 1.86. The van der Waals surface area contributed by atoms with Crippen LogP contribution in [0.4, 0.5) is 4.39 Å². The van der Waals surface area contributed by atoms with Gasteiger partial charge in [0.2, 0.25) is 0 Å². The maximum absolute atomic E-state index is 13.7. The highest BCUT2D eigenvalue weighted by atomic mass is 19.1. The second-order valence-corrected chi connectivity index (χ2v) is 6.40. The van der Waals surface area contributed by atoms with Crippen LogP contribution < -0.4 is 0 Å². The summed E-state index contributed by atoms with van der Waals surface area (Å²) in [5.41, 5.74) is 3.69. The van der Waals surface area contributed by atoms with Gasteiger partial charge in [-0.1, -0.05) is 30.3 Å². The van der Waals surface area contributed by atoms with Crippen molar-refractivity contribution in [3.63, 3.8) is 0 Å². The van der Waals surface area contributed by atoms with Crippen molar-refractivity contribution in [2.24, 2.45) is 7.05 Å². The molecule has 2 aromatic carbocycles. The standard InChI is InChI=1S/C21H19FN4/c1-14-23-18-9-8-16(22)12-17(18)19(24-14)10-11-21-25-20(13-26(21)2)15-6-4-3-5-7-15/h3-9,12-13H,10-11H2,1-2H3. The average Bonchev–Trinajstić information content (AvgIpc) is 3.02. The zero-order valence-electron chi connectivity index (χ0n) is 14.8. The number of rotatable bonds is 4. The van der Waals surface area contributed by atoms with Crippen molar-refractivity contribution in [1.29, 1.82) is 0 Å². The van der Waals surface area contributed by atoms with Gasteiger partial charge in [-0.3, -0.25) is 0 Å². The molecular weight excluding hydrogens is 327 g/mol. The maximum Gasteiger partial charge on any atom is 0.126 e. The minimum absolute atomic E-state index is 0.269. The first-order valence-corrected chi connectivity index (χ1v) is 8.60. The molecule has 4 rings (SSSR count). The Labute approximate surface area is 151 Å². The van der Waals surface area contributed by atoms with Gasteiger partial charge in [0, 0.05) is 30.6 Å². The number of benzene rings is 2. The Morgan fingerprint density at radius 2 is 1.77 bits per heavy atom. The highest BCUT2D eigenvalue weighted by Gasteiger charge is 2.11. The minimum atomic E-state index is -0.269. The van der Waals surface area contributed by atoms with Crippen LogP contribution in [0, 0.1) is 12.7 Å².